The van der Waals surface area contributed by atoms with E-state index in [0.717, 1.165) is 52.2 Å². The Hall–Kier alpha value is -1.16. The number of unbranched alkanes of at least 4 members (excludes halogenated alkanes) is 16. The van der Waals surface area contributed by atoms with Crippen LogP contribution in [0.5, 0.6) is 0 Å². The molecule has 0 N–H and O–H groups in total. The van der Waals surface area contributed by atoms with Crippen molar-refractivity contribution in [2.75, 3.05) is 40.0 Å². The van der Waals surface area contributed by atoms with Crippen LogP contribution in [0, 0.1) is 0 Å². The van der Waals surface area contributed by atoms with E-state index in [9.17, 15) is 0 Å². The largest absolute Gasteiger partial charge is 0.379 e. The Morgan fingerprint density at radius 3 is 1.50 bits per heavy atom. The summed E-state index contributed by atoms with van der Waals surface area (Å²) in [4.78, 5) is 2.37. The maximum absolute atomic E-state index is 6.30. The van der Waals surface area contributed by atoms with Crippen molar-refractivity contribution >= 4 is 0 Å². The molecule has 0 saturated carbocycles. The van der Waals surface area contributed by atoms with Crippen LogP contribution in [0.15, 0.2) is 48.6 Å². The first kappa shape index (κ1) is 42.8. The quantitative estimate of drug-likeness (QED) is 0.0523. The Labute approximate surface area is 277 Å². The molecule has 0 aliphatic rings. The molecule has 0 heterocycles. The fourth-order valence-corrected chi connectivity index (χ4v) is 5.14. The van der Waals surface area contributed by atoms with E-state index in [4.69, 9.17) is 9.47 Å². The second-order valence-corrected chi connectivity index (χ2v) is 12.7. The van der Waals surface area contributed by atoms with Crippen LogP contribution in [0.4, 0.5) is 0 Å². The van der Waals surface area contributed by atoms with Crippen LogP contribution in [0.1, 0.15) is 168 Å². The predicted molar refractivity (Wildman–Crippen MR) is 198 cm³/mol. The molecule has 0 aliphatic heterocycles. The van der Waals surface area contributed by atoms with Gasteiger partial charge in [0.2, 0.25) is 0 Å². The van der Waals surface area contributed by atoms with Crippen molar-refractivity contribution in [1.82, 2.24) is 4.90 Å². The molecule has 0 aliphatic carbocycles. The highest BCUT2D eigenvalue weighted by atomic mass is 16.5. The highest BCUT2D eigenvalue weighted by Crippen LogP contribution is 2.11. The fourth-order valence-electron chi connectivity index (χ4n) is 5.14. The topological polar surface area (TPSA) is 21.7 Å². The smallest absolute Gasteiger partial charge is 0.0820 e. The third-order valence-corrected chi connectivity index (χ3v) is 8.35. The fraction of sp³-hybridized carbons (Fsp3) is 0.805. The minimum atomic E-state index is 0.234. The summed E-state index contributed by atoms with van der Waals surface area (Å²) in [7, 11) is 2.20. The van der Waals surface area contributed by atoms with Crippen LogP contribution >= 0.6 is 0 Å². The summed E-state index contributed by atoms with van der Waals surface area (Å²) >= 11 is 0. The minimum Gasteiger partial charge on any atom is -0.379 e. The first-order chi connectivity index (χ1) is 21.7. The number of hydrogen-bond acceptors (Lipinski definition) is 3. The van der Waals surface area contributed by atoms with Crippen LogP contribution < -0.4 is 0 Å². The van der Waals surface area contributed by atoms with Gasteiger partial charge in [0.05, 0.1) is 12.7 Å². The molecule has 1 unspecified atom stereocenters. The Morgan fingerprint density at radius 2 is 0.977 bits per heavy atom. The standard InChI is InChI=1S/C41H77NO2/c1-5-8-10-12-14-16-18-20-22-23-24-26-28-30-32-34-38-43-40-41(36-37-42(4)7-3)44-39-35-33-31-29-27-25-21-19-17-15-13-11-9-6-2/h11,13-14,16-17,19-20,22,41H,5-10,12,15,18,21,23-40H2,1-4H3/b13-11-,16-14-,19-17-,22-20-. The third kappa shape index (κ3) is 35.3. The maximum Gasteiger partial charge on any atom is 0.0820 e. The average molecular weight is 616 g/mol. The molecule has 0 amide bonds. The van der Waals surface area contributed by atoms with Gasteiger partial charge in [0.15, 0.2) is 0 Å². The SMILES string of the molecule is CCC/C=C\C/C=C\CCCCCCCCOC(CCN(C)CC)COCCCCCCCC/C=C\C/C=C\CCCCC. The molecule has 0 fully saturated rings. The van der Waals surface area contributed by atoms with Gasteiger partial charge in [-0.3, -0.25) is 0 Å². The van der Waals surface area contributed by atoms with Crippen LogP contribution in [-0.4, -0.2) is 51.0 Å². The third-order valence-electron chi connectivity index (χ3n) is 8.35. The second-order valence-electron chi connectivity index (χ2n) is 12.7. The van der Waals surface area contributed by atoms with Crippen molar-refractivity contribution in [2.24, 2.45) is 0 Å². The Balaban J connectivity index is 3.74. The molecule has 258 valence electrons. The van der Waals surface area contributed by atoms with Gasteiger partial charge in [0.25, 0.3) is 0 Å². The van der Waals surface area contributed by atoms with Gasteiger partial charge in [0.1, 0.15) is 0 Å². The van der Waals surface area contributed by atoms with Crippen molar-refractivity contribution in [3.8, 4) is 0 Å². The molecule has 0 saturated heterocycles. The molecule has 1 atom stereocenters. The first-order valence-corrected chi connectivity index (χ1v) is 19.2. The van der Waals surface area contributed by atoms with Crippen LogP contribution in [0.3, 0.4) is 0 Å². The Morgan fingerprint density at radius 1 is 0.500 bits per heavy atom. The molecule has 0 spiro atoms. The number of hydrogen-bond donors (Lipinski definition) is 0. The molecule has 3 nitrogen and oxygen atoms in total. The van der Waals surface area contributed by atoms with E-state index in [-0.39, 0.29) is 6.10 Å². The van der Waals surface area contributed by atoms with Gasteiger partial charge in [-0.15, -0.1) is 0 Å². The van der Waals surface area contributed by atoms with Crippen molar-refractivity contribution < 1.29 is 9.47 Å². The lowest BCUT2D eigenvalue weighted by Gasteiger charge is -2.21. The van der Waals surface area contributed by atoms with Crippen molar-refractivity contribution in [1.29, 1.82) is 0 Å². The van der Waals surface area contributed by atoms with E-state index in [1.807, 2.05) is 0 Å². The van der Waals surface area contributed by atoms with Gasteiger partial charge in [0, 0.05) is 19.8 Å². The lowest BCUT2D eigenvalue weighted by Crippen LogP contribution is -2.28. The number of allylic oxidation sites excluding steroid dienone is 8. The van der Waals surface area contributed by atoms with Crippen molar-refractivity contribution in [2.45, 2.75) is 175 Å². The van der Waals surface area contributed by atoms with Gasteiger partial charge in [-0.2, -0.15) is 0 Å². The summed E-state index contributed by atoms with van der Waals surface area (Å²) < 4.78 is 12.4. The molecule has 0 aromatic carbocycles. The van der Waals surface area contributed by atoms with Crippen LogP contribution in [-0.2, 0) is 9.47 Å². The molecular weight excluding hydrogens is 538 g/mol. The maximum atomic E-state index is 6.30. The van der Waals surface area contributed by atoms with E-state index in [1.165, 1.54) is 128 Å². The lowest BCUT2D eigenvalue weighted by molar-refractivity contribution is -0.0253. The number of ether oxygens (including phenoxy) is 2. The summed E-state index contributed by atoms with van der Waals surface area (Å²) in [5.41, 5.74) is 0. The molecule has 0 aromatic rings. The van der Waals surface area contributed by atoms with Crippen molar-refractivity contribution in [3.05, 3.63) is 48.6 Å². The summed E-state index contributed by atoms with van der Waals surface area (Å²) in [5, 5.41) is 0. The number of nitrogens with zero attached hydrogens (tertiary/aromatic N) is 1. The second kappa shape index (κ2) is 38.0. The molecule has 0 radical (unpaired) electrons. The molecule has 44 heavy (non-hydrogen) atoms. The molecular formula is C41H77NO2. The van der Waals surface area contributed by atoms with E-state index in [1.54, 1.807) is 0 Å². The van der Waals surface area contributed by atoms with Gasteiger partial charge in [-0.25, -0.2) is 0 Å². The van der Waals surface area contributed by atoms with Crippen LogP contribution in [0.25, 0.3) is 0 Å². The van der Waals surface area contributed by atoms with E-state index < -0.39 is 0 Å². The summed E-state index contributed by atoms with van der Waals surface area (Å²) in [6.45, 7) is 11.4. The molecule has 0 rings (SSSR count). The highest BCUT2D eigenvalue weighted by Gasteiger charge is 2.11. The first-order valence-electron chi connectivity index (χ1n) is 19.2. The summed E-state index contributed by atoms with van der Waals surface area (Å²) in [6, 6.07) is 0. The number of rotatable bonds is 35. The zero-order valence-corrected chi connectivity index (χ0v) is 30.3. The molecule has 0 bridgehead atoms. The van der Waals surface area contributed by atoms with Gasteiger partial charge in [-0.05, 0) is 90.6 Å². The van der Waals surface area contributed by atoms with Gasteiger partial charge < -0.3 is 14.4 Å². The average Bonchev–Trinajstić information content (AvgIpc) is 3.04. The molecule has 0 aromatic heterocycles. The van der Waals surface area contributed by atoms with Gasteiger partial charge in [-0.1, -0.05) is 140 Å². The van der Waals surface area contributed by atoms with Crippen LogP contribution in [0.2, 0.25) is 0 Å². The predicted octanol–water partition coefficient (Wildman–Crippen LogP) is 12.6. The molecule has 3 heteroatoms. The lowest BCUT2D eigenvalue weighted by atomic mass is 10.1. The summed E-state index contributed by atoms with van der Waals surface area (Å²) in [5.74, 6) is 0. The van der Waals surface area contributed by atoms with E-state index >= 15 is 0 Å². The highest BCUT2D eigenvalue weighted by molar-refractivity contribution is 4.93. The Bertz CT molecular complexity index is 653. The van der Waals surface area contributed by atoms with E-state index in [2.05, 4.69) is 81.3 Å². The minimum absolute atomic E-state index is 0.234. The zero-order chi connectivity index (χ0) is 32.0. The zero-order valence-electron chi connectivity index (χ0n) is 30.3. The normalized spacial score (nSPS) is 13.2. The van der Waals surface area contributed by atoms with Gasteiger partial charge >= 0.3 is 0 Å². The van der Waals surface area contributed by atoms with E-state index in [0.29, 0.717) is 0 Å². The summed E-state index contributed by atoms with van der Waals surface area (Å²) in [6.07, 6.45) is 48.0. The monoisotopic (exact) mass is 616 g/mol. The Kier molecular flexibility index (Phi) is 37.0. The van der Waals surface area contributed by atoms with Crippen molar-refractivity contribution in [3.63, 3.8) is 0 Å².